The number of hydrogen-bond donors (Lipinski definition) is 2. The summed E-state index contributed by atoms with van der Waals surface area (Å²) in [5.74, 6) is 0.756. The number of rotatable bonds is 6. The maximum atomic E-state index is 5.75. The molecule has 0 saturated heterocycles. The quantitative estimate of drug-likeness (QED) is 0.691. The Morgan fingerprint density at radius 2 is 1.79 bits per heavy atom. The maximum absolute atomic E-state index is 5.75. The zero-order valence-electron chi connectivity index (χ0n) is 10.6. The molecule has 0 fully saturated rings. The third-order valence-electron chi connectivity index (χ3n) is 2.89. The molecule has 2 atom stereocenters. The average Bonchev–Trinajstić information content (AvgIpc) is 2.00. The van der Waals surface area contributed by atoms with E-state index in [9.17, 15) is 0 Å². The van der Waals surface area contributed by atoms with E-state index in [0.29, 0.717) is 11.5 Å². The first-order chi connectivity index (χ1) is 6.38. The van der Waals surface area contributed by atoms with E-state index in [1.54, 1.807) is 0 Å². The predicted molar refractivity (Wildman–Crippen MR) is 64.4 cm³/mol. The molecule has 0 bridgehead atoms. The minimum atomic E-state index is 0.352. The summed E-state index contributed by atoms with van der Waals surface area (Å²) in [4.78, 5) is 0. The fourth-order valence-electron chi connectivity index (χ4n) is 1.77. The zero-order chi connectivity index (χ0) is 11.2. The van der Waals surface area contributed by atoms with E-state index in [-0.39, 0.29) is 0 Å². The maximum Gasteiger partial charge on any atom is 0.00104 e. The molecular weight excluding hydrogens is 172 g/mol. The van der Waals surface area contributed by atoms with E-state index in [4.69, 9.17) is 5.73 Å². The smallest absolute Gasteiger partial charge is 0.00104 e. The first-order valence-electron chi connectivity index (χ1n) is 5.78. The molecule has 0 aliphatic heterocycles. The Morgan fingerprint density at radius 3 is 2.14 bits per heavy atom. The molecule has 0 aliphatic carbocycles. The van der Waals surface area contributed by atoms with Crippen molar-refractivity contribution < 1.29 is 0 Å². The Labute approximate surface area is 89.6 Å². The van der Waals surface area contributed by atoms with Crippen LogP contribution in [-0.4, -0.2) is 19.6 Å². The van der Waals surface area contributed by atoms with Gasteiger partial charge >= 0.3 is 0 Å². The van der Waals surface area contributed by atoms with Gasteiger partial charge in [-0.15, -0.1) is 0 Å². The minimum Gasteiger partial charge on any atom is -0.328 e. The van der Waals surface area contributed by atoms with Gasteiger partial charge in [0.25, 0.3) is 0 Å². The summed E-state index contributed by atoms with van der Waals surface area (Å²) < 4.78 is 0. The molecule has 14 heavy (non-hydrogen) atoms. The molecule has 0 aliphatic rings. The standard InChI is InChI=1S/C12H28N2/c1-10(13)7-6-8-11(9-14-5)12(2,3)4/h10-11,14H,6-9,13H2,1-5H3/t10-,11?/m1/s1. The average molecular weight is 200 g/mol. The number of hydrogen-bond acceptors (Lipinski definition) is 2. The Kier molecular flexibility index (Phi) is 6.38. The van der Waals surface area contributed by atoms with Crippen LogP contribution in [-0.2, 0) is 0 Å². The second-order valence-electron chi connectivity index (χ2n) is 5.53. The fraction of sp³-hybridized carbons (Fsp3) is 1.00. The molecular formula is C12H28N2. The van der Waals surface area contributed by atoms with Gasteiger partial charge in [0, 0.05) is 6.04 Å². The van der Waals surface area contributed by atoms with Crippen LogP contribution in [0.4, 0.5) is 0 Å². The molecule has 0 rings (SSSR count). The summed E-state index contributed by atoms with van der Waals surface area (Å²) in [5.41, 5.74) is 6.15. The van der Waals surface area contributed by atoms with Crippen LogP contribution in [0.15, 0.2) is 0 Å². The summed E-state index contributed by atoms with van der Waals surface area (Å²) in [6, 6.07) is 0.352. The predicted octanol–water partition coefficient (Wildman–Crippen LogP) is 2.39. The van der Waals surface area contributed by atoms with Crippen molar-refractivity contribution in [2.24, 2.45) is 17.1 Å². The number of nitrogens with two attached hydrogens (primary N) is 1. The van der Waals surface area contributed by atoms with Gasteiger partial charge < -0.3 is 11.1 Å². The van der Waals surface area contributed by atoms with Gasteiger partial charge in [-0.3, -0.25) is 0 Å². The van der Waals surface area contributed by atoms with Gasteiger partial charge in [0.05, 0.1) is 0 Å². The molecule has 2 nitrogen and oxygen atoms in total. The highest BCUT2D eigenvalue weighted by molar-refractivity contribution is 4.75. The van der Waals surface area contributed by atoms with E-state index in [1.165, 1.54) is 12.8 Å². The van der Waals surface area contributed by atoms with Crippen molar-refractivity contribution in [1.82, 2.24) is 5.32 Å². The summed E-state index contributed by atoms with van der Waals surface area (Å²) in [6.07, 6.45) is 3.68. The molecule has 0 aromatic heterocycles. The van der Waals surface area contributed by atoms with Gasteiger partial charge in [-0.05, 0) is 44.7 Å². The van der Waals surface area contributed by atoms with E-state index in [0.717, 1.165) is 18.9 Å². The van der Waals surface area contributed by atoms with Gasteiger partial charge in [0.1, 0.15) is 0 Å². The van der Waals surface area contributed by atoms with Crippen molar-refractivity contribution in [1.29, 1.82) is 0 Å². The topological polar surface area (TPSA) is 38.0 Å². The summed E-state index contributed by atoms with van der Waals surface area (Å²) >= 11 is 0. The van der Waals surface area contributed by atoms with Gasteiger partial charge in [-0.25, -0.2) is 0 Å². The van der Waals surface area contributed by atoms with Crippen molar-refractivity contribution in [2.45, 2.75) is 53.0 Å². The van der Waals surface area contributed by atoms with Crippen molar-refractivity contribution in [2.75, 3.05) is 13.6 Å². The minimum absolute atomic E-state index is 0.352. The highest BCUT2D eigenvalue weighted by Crippen LogP contribution is 2.29. The fourth-order valence-corrected chi connectivity index (χ4v) is 1.77. The molecule has 0 radical (unpaired) electrons. The van der Waals surface area contributed by atoms with Crippen LogP contribution in [0.25, 0.3) is 0 Å². The van der Waals surface area contributed by atoms with Gasteiger partial charge in [-0.2, -0.15) is 0 Å². The molecule has 0 heterocycles. The molecule has 3 N–H and O–H groups in total. The first-order valence-corrected chi connectivity index (χ1v) is 5.78. The van der Waals surface area contributed by atoms with Crippen LogP contribution in [0.1, 0.15) is 47.0 Å². The monoisotopic (exact) mass is 200 g/mol. The second kappa shape index (κ2) is 6.41. The molecule has 2 heteroatoms. The Hall–Kier alpha value is -0.0800. The van der Waals surface area contributed by atoms with Gasteiger partial charge in [0.15, 0.2) is 0 Å². The van der Waals surface area contributed by atoms with Crippen molar-refractivity contribution >= 4 is 0 Å². The first kappa shape index (κ1) is 13.9. The third-order valence-corrected chi connectivity index (χ3v) is 2.89. The van der Waals surface area contributed by atoms with Crippen LogP contribution in [0.5, 0.6) is 0 Å². The molecule has 0 aromatic carbocycles. The lowest BCUT2D eigenvalue weighted by molar-refractivity contribution is 0.216. The van der Waals surface area contributed by atoms with E-state index in [2.05, 4.69) is 33.0 Å². The highest BCUT2D eigenvalue weighted by atomic mass is 14.8. The zero-order valence-corrected chi connectivity index (χ0v) is 10.6. The normalized spacial score (nSPS) is 16.7. The van der Waals surface area contributed by atoms with Crippen molar-refractivity contribution in [3.05, 3.63) is 0 Å². The van der Waals surface area contributed by atoms with Crippen LogP contribution in [0, 0.1) is 11.3 Å². The van der Waals surface area contributed by atoms with Crippen LogP contribution in [0.2, 0.25) is 0 Å². The third kappa shape index (κ3) is 6.39. The van der Waals surface area contributed by atoms with Crippen LogP contribution in [0.3, 0.4) is 0 Å². The second-order valence-corrected chi connectivity index (χ2v) is 5.53. The Balaban J connectivity index is 3.86. The molecule has 1 unspecified atom stereocenters. The van der Waals surface area contributed by atoms with Crippen molar-refractivity contribution in [3.63, 3.8) is 0 Å². The molecule has 0 aromatic rings. The summed E-state index contributed by atoms with van der Waals surface area (Å²) in [5, 5.41) is 3.28. The van der Waals surface area contributed by atoms with Crippen LogP contribution >= 0.6 is 0 Å². The largest absolute Gasteiger partial charge is 0.328 e. The van der Waals surface area contributed by atoms with E-state index < -0.39 is 0 Å². The van der Waals surface area contributed by atoms with E-state index >= 15 is 0 Å². The lowest BCUT2D eigenvalue weighted by Crippen LogP contribution is -2.30. The highest BCUT2D eigenvalue weighted by Gasteiger charge is 2.23. The molecule has 0 saturated carbocycles. The van der Waals surface area contributed by atoms with Crippen LogP contribution < -0.4 is 11.1 Å². The number of nitrogens with one attached hydrogen (secondary N) is 1. The summed E-state index contributed by atoms with van der Waals surface area (Å²) in [6.45, 7) is 10.2. The van der Waals surface area contributed by atoms with Gasteiger partial charge in [-0.1, -0.05) is 27.2 Å². The lowest BCUT2D eigenvalue weighted by Gasteiger charge is -2.31. The van der Waals surface area contributed by atoms with Gasteiger partial charge in [0.2, 0.25) is 0 Å². The van der Waals surface area contributed by atoms with E-state index in [1.807, 2.05) is 7.05 Å². The molecule has 86 valence electrons. The SMILES string of the molecule is CNCC(CCC[C@@H](C)N)C(C)(C)C. The molecule has 0 spiro atoms. The summed E-state index contributed by atoms with van der Waals surface area (Å²) in [7, 11) is 2.03. The Bertz CT molecular complexity index is 136. The molecule has 0 amide bonds. The Morgan fingerprint density at radius 1 is 1.21 bits per heavy atom. The lowest BCUT2D eigenvalue weighted by atomic mass is 9.77. The van der Waals surface area contributed by atoms with Crippen molar-refractivity contribution in [3.8, 4) is 0 Å².